The van der Waals surface area contributed by atoms with Crippen LogP contribution in [-0.4, -0.2) is 45.4 Å². The molecular formula is C13H23N5O2. The van der Waals surface area contributed by atoms with Crippen LogP contribution in [0.1, 0.15) is 39.5 Å². The summed E-state index contributed by atoms with van der Waals surface area (Å²) in [5.74, 6) is 0.959. The van der Waals surface area contributed by atoms with E-state index in [0.717, 1.165) is 32.2 Å². The van der Waals surface area contributed by atoms with Gasteiger partial charge >= 0.3 is 6.01 Å². The highest BCUT2D eigenvalue weighted by molar-refractivity contribution is 5.40. The molecule has 1 aliphatic rings. The number of nitrogens with zero attached hydrogens (tertiary/aromatic N) is 3. The summed E-state index contributed by atoms with van der Waals surface area (Å²) in [5.41, 5.74) is -0.259. The van der Waals surface area contributed by atoms with Gasteiger partial charge in [0.25, 0.3) is 0 Å². The highest BCUT2D eigenvalue weighted by Crippen LogP contribution is 2.37. The zero-order valence-electron chi connectivity index (χ0n) is 12.1. The topological polar surface area (TPSA) is 92.2 Å². The molecule has 1 fully saturated rings. The molecule has 1 aromatic rings. The van der Waals surface area contributed by atoms with E-state index in [-0.39, 0.29) is 12.1 Å². The van der Waals surface area contributed by atoms with Gasteiger partial charge in [-0.05, 0) is 25.7 Å². The summed E-state index contributed by atoms with van der Waals surface area (Å²) in [6.45, 7) is 5.56. The molecule has 0 aliphatic heterocycles. The summed E-state index contributed by atoms with van der Waals surface area (Å²) in [7, 11) is 0. The lowest BCUT2D eigenvalue weighted by Gasteiger charge is -2.15. The lowest BCUT2D eigenvalue weighted by Crippen LogP contribution is -2.27. The first-order chi connectivity index (χ1) is 9.71. The highest BCUT2D eigenvalue weighted by Gasteiger charge is 2.42. The van der Waals surface area contributed by atoms with Gasteiger partial charge in [0, 0.05) is 6.54 Å². The van der Waals surface area contributed by atoms with Crippen LogP contribution in [0.25, 0.3) is 0 Å². The maximum absolute atomic E-state index is 9.36. The Morgan fingerprint density at radius 3 is 2.50 bits per heavy atom. The van der Waals surface area contributed by atoms with Crippen LogP contribution in [0.3, 0.4) is 0 Å². The van der Waals surface area contributed by atoms with Gasteiger partial charge in [-0.25, -0.2) is 0 Å². The van der Waals surface area contributed by atoms with Crippen molar-refractivity contribution in [1.29, 1.82) is 0 Å². The summed E-state index contributed by atoms with van der Waals surface area (Å²) in [4.78, 5) is 12.8. The Hall–Kier alpha value is -1.63. The average Bonchev–Trinajstić information content (AvgIpc) is 3.23. The zero-order valence-corrected chi connectivity index (χ0v) is 12.1. The van der Waals surface area contributed by atoms with Gasteiger partial charge < -0.3 is 20.5 Å². The van der Waals surface area contributed by atoms with Crippen molar-refractivity contribution in [2.45, 2.75) is 45.1 Å². The van der Waals surface area contributed by atoms with E-state index in [1.54, 1.807) is 0 Å². The number of anilines is 2. The van der Waals surface area contributed by atoms with Crippen LogP contribution in [0.5, 0.6) is 6.01 Å². The molecule has 0 aromatic carbocycles. The van der Waals surface area contributed by atoms with Crippen molar-refractivity contribution in [1.82, 2.24) is 15.0 Å². The van der Waals surface area contributed by atoms with Crippen molar-refractivity contribution in [3.63, 3.8) is 0 Å². The van der Waals surface area contributed by atoms with Crippen molar-refractivity contribution < 1.29 is 9.84 Å². The average molecular weight is 281 g/mol. The molecule has 2 rings (SSSR count). The Morgan fingerprint density at radius 2 is 1.90 bits per heavy atom. The largest absolute Gasteiger partial charge is 0.463 e. The minimum atomic E-state index is -0.259. The van der Waals surface area contributed by atoms with E-state index >= 15 is 0 Å². The fourth-order valence-corrected chi connectivity index (χ4v) is 1.70. The predicted molar refractivity (Wildman–Crippen MR) is 77.1 cm³/mol. The minimum Gasteiger partial charge on any atom is -0.463 e. The highest BCUT2D eigenvalue weighted by atomic mass is 16.5. The van der Waals surface area contributed by atoms with Crippen LogP contribution in [0.2, 0.25) is 0 Å². The molecule has 7 nitrogen and oxygen atoms in total. The van der Waals surface area contributed by atoms with Gasteiger partial charge in [-0.15, -0.1) is 0 Å². The van der Waals surface area contributed by atoms with Gasteiger partial charge in [0.2, 0.25) is 11.9 Å². The molecule has 0 radical (unpaired) electrons. The molecule has 1 saturated carbocycles. The SMILES string of the molecule is CCCNc1nc(NC2(CO)CC2)nc(OCCC)n1. The fraction of sp³-hybridized carbons (Fsp3) is 0.769. The van der Waals surface area contributed by atoms with Gasteiger partial charge in [0.15, 0.2) is 0 Å². The minimum absolute atomic E-state index is 0.0849. The Bertz CT molecular complexity index is 411. The van der Waals surface area contributed by atoms with Crippen molar-refractivity contribution >= 4 is 11.9 Å². The Balaban J connectivity index is 2.11. The van der Waals surface area contributed by atoms with Crippen molar-refractivity contribution in [3.8, 4) is 6.01 Å². The van der Waals surface area contributed by atoms with E-state index in [1.165, 1.54) is 0 Å². The quantitative estimate of drug-likeness (QED) is 0.630. The molecule has 1 aliphatic carbocycles. The van der Waals surface area contributed by atoms with Crippen molar-refractivity contribution in [3.05, 3.63) is 0 Å². The predicted octanol–water partition coefficient (Wildman–Crippen LogP) is 1.42. The number of ether oxygens (including phenoxy) is 1. The molecule has 1 aromatic heterocycles. The molecule has 0 saturated heterocycles. The lowest BCUT2D eigenvalue weighted by molar-refractivity contribution is 0.265. The smallest absolute Gasteiger partial charge is 0.323 e. The first kappa shape index (κ1) is 14.8. The second-order valence-corrected chi connectivity index (χ2v) is 5.10. The lowest BCUT2D eigenvalue weighted by atomic mass is 10.3. The molecule has 0 atom stereocenters. The van der Waals surface area contributed by atoms with E-state index in [2.05, 4.69) is 32.5 Å². The molecule has 1 heterocycles. The summed E-state index contributed by atoms with van der Waals surface area (Å²) in [6, 6.07) is 0.316. The van der Waals surface area contributed by atoms with E-state index in [1.807, 2.05) is 6.92 Å². The van der Waals surface area contributed by atoms with Crippen LogP contribution in [0.4, 0.5) is 11.9 Å². The first-order valence-corrected chi connectivity index (χ1v) is 7.23. The fourth-order valence-electron chi connectivity index (χ4n) is 1.70. The zero-order chi connectivity index (χ0) is 14.4. The van der Waals surface area contributed by atoms with Crippen LogP contribution in [-0.2, 0) is 0 Å². The number of aromatic nitrogens is 3. The van der Waals surface area contributed by atoms with Gasteiger partial charge in [-0.3, -0.25) is 0 Å². The molecule has 0 bridgehead atoms. The van der Waals surface area contributed by atoms with E-state index in [4.69, 9.17) is 4.74 Å². The number of rotatable bonds is 9. The van der Waals surface area contributed by atoms with E-state index in [0.29, 0.717) is 24.5 Å². The van der Waals surface area contributed by atoms with E-state index < -0.39 is 0 Å². The van der Waals surface area contributed by atoms with Crippen LogP contribution < -0.4 is 15.4 Å². The second-order valence-electron chi connectivity index (χ2n) is 5.10. The molecule has 20 heavy (non-hydrogen) atoms. The molecule has 0 amide bonds. The Labute approximate surface area is 119 Å². The molecule has 0 unspecified atom stereocenters. The third-order valence-electron chi connectivity index (χ3n) is 3.12. The monoisotopic (exact) mass is 281 g/mol. The second kappa shape index (κ2) is 6.69. The summed E-state index contributed by atoms with van der Waals surface area (Å²) in [5, 5.41) is 15.7. The molecule has 3 N–H and O–H groups in total. The summed E-state index contributed by atoms with van der Waals surface area (Å²) < 4.78 is 5.48. The van der Waals surface area contributed by atoms with Crippen molar-refractivity contribution in [2.75, 3.05) is 30.4 Å². The van der Waals surface area contributed by atoms with Gasteiger partial charge in [-0.2, -0.15) is 15.0 Å². The molecule has 7 heteroatoms. The maximum atomic E-state index is 9.36. The van der Waals surface area contributed by atoms with Gasteiger partial charge in [-0.1, -0.05) is 13.8 Å². The molecular weight excluding hydrogens is 258 g/mol. The third-order valence-corrected chi connectivity index (χ3v) is 3.12. The van der Waals surface area contributed by atoms with Gasteiger partial charge in [0.1, 0.15) is 0 Å². The van der Waals surface area contributed by atoms with Crippen molar-refractivity contribution in [2.24, 2.45) is 0 Å². The Morgan fingerprint density at radius 1 is 1.15 bits per heavy atom. The number of aliphatic hydroxyl groups excluding tert-OH is 1. The van der Waals surface area contributed by atoms with Crippen LogP contribution >= 0.6 is 0 Å². The first-order valence-electron chi connectivity index (χ1n) is 7.23. The molecule has 112 valence electrons. The number of nitrogens with one attached hydrogen (secondary N) is 2. The number of hydrogen-bond donors (Lipinski definition) is 3. The van der Waals surface area contributed by atoms with E-state index in [9.17, 15) is 5.11 Å². The number of aliphatic hydroxyl groups is 1. The standard InChI is InChI=1S/C13H23N5O2/c1-3-7-14-10-15-11(18-13(9-19)5-6-13)17-12(16-10)20-8-4-2/h19H,3-9H2,1-2H3,(H2,14,15,16,17,18). The summed E-state index contributed by atoms with van der Waals surface area (Å²) in [6.07, 6.45) is 3.74. The maximum Gasteiger partial charge on any atom is 0.323 e. The van der Waals surface area contributed by atoms with Crippen LogP contribution in [0.15, 0.2) is 0 Å². The van der Waals surface area contributed by atoms with Crippen LogP contribution in [0, 0.1) is 0 Å². The van der Waals surface area contributed by atoms with Gasteiger partial charge in [0.05, 0.1) is 18.8 Å². The molecule has 0 spiro atoms. The normalized spacial score (nSPS) is 15.8. The summed E-state index contributed by atoms with van der Waals surface area (Å²) >= 11 is 0. The Kier molecular flexibility index (Phi) is 4.94. The number of hydrogen-bond acceptors (Lipinski definition) is 7. The third kappa shape index (κ3) is 3.93.